The fourth-order valence-corrected chi connectivity index (χ4v) is 5.57. The van der Waals surface area contributed by atoms with Crippen LogP contribution in [0.4, 0.5) is 11.4 Å². The van der Waals surface area contributed by atoms with Gasteiger partial charge in [0.15, 0.2) is 0 Å². The molecule has 7 nitrogen and oxygen atoms in total. The van der Waals surface area contributed by atoms with E-state index < -0.39 is 30.3 Å². The lowest BCUT2D eigenvalue weighted by molar-refractivity contribution is -0.305. The van der Waals surface area contributed by atoms with Gasteiger partial charge in [0.05, 0.1) is 30.4 Å². The molecule has 0 saturated carbocycles. The Labute approximate surface area is 225 Å². The molecule has 1 N–H and O–H groups in total. The van der Waals surface area contributed by atoms with Gasteiger partial charge < -0.3 is 24.9 Å². The van der Waals surface area contributed by atoms with Gasteiger partial charge in [0, 0.05) is 35.4 Å². The molecule has 0 radical (unpaired) electrons. The van der Waals surface area contributed by atoms with E-state index in [0.717, 1.165) is 11.3 Å². The van der Waals surface area contributed by atoms with Crippen LogP contribution < -0.4 is 20.1 Å². The van der Waals surface area contributed by atoms with Gasteiger partial charge in [-0.1, -0.05) is 60.1 Å². The van der Waals surface area contributed by atoms with E-state index in [4.69, 9.17) is 16.3 Å². The molecule has 0 spiro atoms. The van der Waals surface area contributed by atoms with Crippen LogP contribution in [0.15, 0.2) is 84.6 Å². The summed E-state index contributed by atoms with van der Waals surface area (Å²) in [6, 6.07) is 21.2. The number of ketones is 1. The Bertz CT molecular complexity index is 1420. The molecular weight excluding hydrogens is 504 g/mol. The highest BCUT2D eigenvalue weighted by atomic mass is 35.5. The zero-order valence-corrected chi connectivity index (χ0v) is 21.5. The Hall–Kier alpha value is -4.10. The highest BCUT2D eigenvalue weighted by Crippen LogP contribution is 2.49. The van der Waals surface area contributed by atoms with E-state index in [2.05, 4.69) is 5.32 Å². The topological polar surface area (TPSA) is 98.8 Å². The number of carbonyl (C=O) groups is 3. The van der Waals surface area contributed by atoms with Crippen LogP contribution in [0.5, 0.6) is 5.75 Å². The number of carbonyl (C=O) groups excluding carboxylic acids is 3. The quantitative estimate of drug-likeness (QED) is 0.499. The summed E-state index contributed by atoms with van der Waals surface area (Å²) < 4.78 is 5.28. The van der Waals surface area contributed by atoms with Gasteiger partial charge in [-0.2, -0.15) is 0 Å². The van der Waals surface area contributed by atoms with E-state index in [1.165, 1.54) is 4.90 Å². The number of ether oxygens (including phenoxy) is 1. The summed E-state index contributed by atoms with van der Waals surface area (Å²) in [5.74, 6) is -1.97. The van der Waals surface area contributed by atoms with E-state index in [1.54, 1.807) is 37.4 Å². The zero-order chi connectivity index (χ0) is 26.8. The second-order valence-electron chi connectivity index (χ2n) is 9.39. The molecule has 0 bridgehead atoms. The number of fused-ring (bicyclic) bond motifs is 2. The maximum atomic E-state index is 14.0. The van der Waals surface area contributed by atoms with Crippen molar-refractivity contribution in [2.75, 3.05) is 17.3 Å². The SMILES string of the molecule is COc1ccc([C@H]2C=C3Nc4ccccc4N(C(=O)CCC(=O)[O-])[C@H](c4ccccc4Cl)[C@H]3C(=O)C2)cc1. The fraction of sp³-hybridized carbons (Fsp3) is 0.233. The third-order valence-corrected chi connectivity index (χ3v) is 7.44. The van der Waals surface area contributed by atoms with Crippen molar-refractivity contribution in [3.05, 3.63) is 101 Å². The molecule has 1 amide bonds. The lowest BCUT2D eigenvalue weighted by atomic mass is 9.76. The summed E-state index contributed by atoms with van der Waals surface area (Å²) in [6.07, 6.45) is 1.58. The third kappa shape index (κ3) is 4.89. The molecule has 0 saturated heterocycles. The number of nitrogens with one attached hydrogen (secondary N) is 1. The number of rotatable bonds is 6. The molecular formula is C30H26ClN2O5-. The summed E-state index contributed by atoms with van der Waals surface area (Å²) in [6.45, 7) is 0. The monoisotopic (exact) mass is 529 g/mol. The molecule has 1 heterocycles. The molecule has 1 aliphatic heterocycles. The standard InChI is InChI=1S/C30H27ClN2O5/c1-38-20-12-10-18(11-13-20)19-16-24-29(26(34)17-19)30(21-6-2-3-7-22(21)31)33(27(35)14-15-28(36)37)25-9-5-4-8-23(25)32-24/h2-13,16,19,29-30,32H,14-15,17H2,1H3,(H,36,37)/p-1/t19-,29+,30+/m0/s1. The molecule has 194 valence electrons. The van der Waals surface area contributed by atoms with Crippen molar-refractivity contribution in [1.82, 2.24) is 0 Å². The van der Waals surface area contributed by atoms with Gasteiger partial charge in [0.25, 0.3) is 0 Å². The first-order chi connectivity index (χ1) is 18.4. The first-order valence-corrected chi connectivity index (χ1v) is 12.8. The number of carboxylic acids is 1. The molecule has 3 aromatic rings. The van der Waals surface area contributed by atoms with Gasteiger partial charge in [-0.15, -0.1) is 0 Å². The number of nitrogens with zero attached hydrogens (tertiary/aromatic N) is 1. The number of hydrogen-bond donors (Lipinski definition) is 1. The third-order valence-electron chi connectivity index (χ3n) is 7.10. The second kappa shape index (κ2) is 10.7. The first kappa shape index (κ1) is 25.5. The van der Waals surface area contributed by atoms with Crippen LogP contribution in [-0.4, -0.2) is 24.8 Å². The van der Waals surface area contributed by atoms with Crippen LogP contribution in [-0.2, 0) is 14.4 Å². The molecule has 3 aromatic carbocycles. The molecule has 0 unspecified atom stereocenters. The number of amides is 1. The van der Waals surface area contributed by atoms with E-state index in [0.29, 0.717) is 27.7 Å². The fourth-order valence-electron chi connectivity index (χ4n) is 5.32. The summed E-state index contributed by atoms with van der Waals surface area (Å²) in [4.78, 5) is 40.4. The molecule has 2 aliphatic rings. The smallest absolute Gasteiger partial charge is 0.228 e. The minimum atomic E-state index is -1.31. The van der Waals surface area contributed by atoms with E-state index in [1.807, 2.05) is 48.5 Å². The normalized spacial score (nSPS) is 20.4. The van der Waals surface area contributed by atoms with Crippen LogP contribution >= 0.6 is 11.6 Å². The highest BCUT2D eigenvalue weighted by Gasteiger charge is 2.45. The average Bonchev–Trinajstić information content (AvgIpc) is 3.06. The molecule has 3 atom stereocenters. The second-order valence-corrected chi connectivity index (χ2v) is 9.80. The van der Waals surface area contributed by atoms with E-state index in [-0.39, 0.29) is 24.5 Å². The maximum absolute atomic E-state index is 14.0. The Morgan fingerprint density at radius 3 is 2.45 bits per heavy atom. The number of anilines is 2. The number of aliphatic carboxylic acids is 1. The Balaban J connectivity index is 1.67. The number of carboxylic acid groups (broad SMARTS) is 1. The molecule has 38 heavy (non-hydrogen) atoms. The summed E-state index contributed by atoms with van der Waals surface area (Å²) in [7, 11) is 1.60. The van der Waals surface area contributed by atoms with Crippen LogP contribution in [0, 0.1) is 5.92 Å². The Morgan fingerprint density at radius 1 is 1.03 bits per heavy atom. The van der Waals surface area contributed by atoms with E-state index in [9.17, 15) is 19.5 Å². The van der Waals surface area contributed by atoms with Crippen LogP contribution in [0.2, 0.25) is 5.02 Å². The predicted octanol–water partition coefficient (Wildman–Crippen LogP) is 4.64. The highest BCUT2D eigenvalue weighted by molar-refractivity contribution is 6.31. The number of allylic oxidation sites excluding steroid dienone is 1. The number of hydrogen-bond acceptors (Lipinski definition) is 6. The number of para-hydroxylation sites is 2. The number of Topliss-reactive ketones (excluding diaryl/α,β-unsaturated/α-hetero) is 1. The van der Waals surface area contributed by atoms with Gasteiger partial charge in [-0.3, -0.25) is 9.59 Å². The van der Waals surface area contributed by atoms with Crippen molar-refractivity contribution in [1.29, 1.82) is 0 Å². The summed E-state index contributed by atoms with van der Waals surface area (Å²) in [5.41, 5.74) is 3.45. The zero-order valence-electron chi connectivity index (χ0n) is 20.7. The maximum Gasteiger partial charge on any atom is 0.228 e. The minimum absolute atomic E-state index is 0.0498. The van der Waals surface area contributed by atoms with Crippen molar-refractivity contribution in [3.8, 4) is 5.75 Å². The lowest BCUT2D eigenvalue weighted by Crippen LogP contribution is -2.43. The first-order valence-electron chi connectivity index (χ1n) is 12.4. The largest absolute Gasteiger partial charge is 0.550 e. The van der Waals surface area contributed by atoms with Gasteiger partial charge in [0.2, 0.25) is 5.91 Å². The number of halogens is 1. The van der Waals surface area contributed by atoms with E-state index >= 15 is 0 Å². The van der Waals surface area contributed by atoms with Crippen molar-refractivity contribution in [2.45, 2.75) is 31.2 Å². The van der Waals surface area contributed by atoms with Gasteiger partial charge in [0.1, 0.15) is 11.5 Å². The van der Waals surface area contributed by atoms with Crippen molar-refractivity contribution < 1.29 is 24.2 Å². The predicted molar refractivity (Wildman–Crippen MR) is 143 cm³/mol. The van der Waals surface area contributed by atoms with Gasteiger partial charge in [-0.25, -0.2) is 0 Å². The number of benzene rings is 3. The van der Waals surface area contributed by atoms with Crippen LogP contribution in [0.1, 0.15) is 42.3 Å². The van der Waals surface area contributed by atoms with Crippen molar-refractivity contribution >= 4 is 40.6 Å². The lowest BCUT2D eigenvalue weighted by Gasteiger charge is -2.38. The molecule has 5 rings (SSSR count). The summed E-state index contributed by atoms with van der Waals surface area (Å²) >= 11 is 6.66. The number of methoxy groups -OCH3 is 1. The van der Waals surface area contributed by atoms with Crippen molar-refractivity contribution in [3.63, 3.8) is 0 Å². The molecule has 8 heteroatoms. The van der Waals surface area contributed by atoms with Crippen molar-refractivity contribution in [2.24, 2.45) is 5.92 Å². The molecule has 1 aliphatic carbocycles. The Kier molecular flexibility index (Phi) is 7.20. The Morgan fingerprint density at radius 2 is 1.74 bits per heavy atom. The molecule has 0 fully saturated rings. The minimum Gasteiger partial charge on any atom is -0.550 e. The van der Waals surface area contributed by atoms with Gasteiger partial charge >= 0.3 is 0 Å². The van der Waals surface area contributed by atoms with Crippen LogP contribution in [0.3, 0.4) is 0 Å². The average molecular weight is 530 g/mol. The van der Waals surface area contributed by atoms with Crippen LogP contribution in [0.25, 0.3) is 0 Å². The molecule has 0 aromatic heterocycles. The summed E-state index contributed by atoms with van der Waals surface area (Å²) in [5, 5.41) is 15.1. The van der Waals surface area contributed by atoms with Gasteiger partial charge in [-0.05, 0) is 47.9 Å².